The van der Waals surface area contributed by atoms with E-state index in [2.05, 4.69) is 19.6 Å². The van der Waals surface area contributed by atoms with E-state index in [0.717, 1.165) is 18.4 Å². The summed E-state index contributed by atoms with van der Waals surface area (Å²) in [5.41, 5.74) is 1.63. The third kappa shape index (κ3) is 2.53. The lowest BCUT2D eigenvalue weighted by Gasteiger charge is -2.14. The van der Waals surface area contributed by atoms with Crippen molar-refractivity contribution in [2.45, 2.75) is 31.8 Å². The van der Waals surface area contributed by atoms with E-state index in [4.69, 9.17) is 4.74 Å². The lowest BCUT2D eigenvalue weighted by atomic mass is 9.89. The molecule has 2 unspecified atom stereocenters. The van der Waals surface area contributed by atoms with Crippen molar-refractivity contribution >= 4 is 5.97 Å². The van der Waals surface area contributed by atoms with Crippen molar-refractivity contribution in [3.63, 3.8) is 0 Å². The Hall–Kier alpha value is -1.83. The van der Waals surface area contributed by atoms with Gasteiger partial charge in [-0.15, -0.1) is 0 Å². The molecule has 2 heteroatoms. The molecular weight excluding hydrogens is 224 g/mol. The molecule has 0 bridgehead atoms. The number of allylic oxidation sites excluding steroid dienone is 1. The smallest absolute Gasteiger partial charge is 0.334 e. The lowest BCUT2D eigenvalue weighted by molar-refractivity contribution is -0.137. The molecule has 1 aromatic rings. The molecule has 1 heterocycles. The van der Waals surface area contributed by atoms with E-state index >= 15 is 0 Å². The van der Waals surface area contributed by atoms with Crippen LogP contribution in [0.2, 0.25) is 0 Å². The highest BCUT2D eigenvalue weighted by atomic mass is 16.5. The number of hydrogen-bond donors (Lipinski definition) is 0. The molecule has 18 heavy (non-hydrogen) atoms. The fourth-order valence-electron chi connectivity index (χ4n) is 2.19. The van der Waals surface area contributed by atoms with Gasteiger partial charge in [0.15, 0.2) is 0 Å². The Bertz CT molecular complexity index is 459. The Morgan fingerprint density at radius 1 is 1.33 bits per heavy atom. The minimum Gasteiger partial charge on any atom is -0.454 e. The van der Waals surface area contributed by atoms with Gasteiger partial charge in [-0.1, -0.05) is 56.3 Å². The number of carbonyl (C=O) groups is 1. The molecule has 0 saturated carbocycles. The summed E-state index contributed by atoms with van der Waals surface area (Å²) in [6.45, 7) is 5.99. The molecule has 1 aliphatic rings. The maximum absolute atomic E-state index is 11.6. The summed E-state index contributed by atoms with van der Waals surface area (Å²) in [4.78, 5) is 11.6. The molecule has 1 aliphatic heterocycles. The van der Waals surface area contributed by atoms with Gasteiger partial charge in [0.1, 0.15) is 6.10 Å². The second-order valence-electron chi connectivity index (χ2n) is 4.50. The van der Waals surface area contributed by atoms with E-state index < -0.39 is 0 Å². The van der Waals surface area contributed by atoms with E-state index in [0.29, 0.717) is 5.57 Å². The zero-order valence-electron chi connectivity index (χ0n) is 10.6. The highest BCUT2D eigenvalue weighted by molar-refractivity contribution is 5.92. The average Bonchev–Trinajstić information content (AvgIpc) is 2.67. The summed E-state index contributed by atoms with van der Waals surface area (Å²) in [7, 11) is 0. The molecule has 1 saturated heterocycles. The number of ether oxygens (including phenoxy) is 1. The SMILES string of the molecule is C=C1C(=O)OC(/C=C/CCC)C1c1ccccc1. The van der Waals surface area contributed by atoms with Crippen molar-refractivity contribution in [3.8, 4) is 0 Å². The second-order valence-corrected chi connectivity index (χ2v) is 4.50. The van der Waals surface area contributed by atoms with Crippen LogP contribution < -0.4 is 0 Å². The van der Waals surface area contributed by atoms with Gasteiger partial charge in [0.05, 0.1) is 5.92 Å². The molecule has 0 aromatic heterocycles. The summed E-state index contributed by atoms with van der Waals surface area (Å²) >= 11 is 0. The molecule has 2 atom stereocenters. The van der Waals surface area contributed by atoms with Gasteiger partial charge in [-0.2, -0.15) is 0 Å². The van der Waals surface area contributed by atoms with E-state index in [-0.39, 0.29) is 18.0 Å². The number of esters is 1. The molecule has 0 spiro atoms. The van der Waals surface area contributed by atoms with Gasteiger partial charge < -0.3 is 4.74 Å². The number of cyclic esters (lactones) is 1. The largest absolute Gasteiger partial charge is 0.454 e. The average molecular weight is 242 g/mol. The first-order chi connectivity index (χ1) is 8.74. The number of unbranched alkanes of at least 4 members (excludes halogenated alkanes) is 1. The predicted molar refractivity (Wildman–Crippen MR) is 72.3 cm³/mol. The van der Waals surface area contributed by atoms with Crippen LogP contribution in [0.4, 0.5) is 0 Å². The van der Waals surface area contributed by atoms with Crippen LogP contribution in [0.25, 0.3) is 0 Å². The summed E-state index contributed by atoms with van der Waals surface area (Å²) < 4.78 is 5.36. The van der Waals surface area contributed by atoms with Crippen LogP contribution in [0.15, 0.2) is 54.6 Å². The van der Waals surface area contributed by atoms with E-state index in [1.165, 1.54) is 0 Å². The first-order valence-electron chi connectivity index (χ1n) is 6.35. The standard InChI is InChI=1S/C16H18O2/c1-3-4-6-11-14-15(12(2)16(17)18-14)13-9-7-5-8-10-13/h5-11,14-15H,2-4H2,1H3/b11-6+. The fourth-order valence-corrected chi connectivity index (χ4v) is 2.19. The fraction of sp³-hybridized carbons (Fsp3) is 0.312. The molecule has 1 aromatic carbocycles. The van der Waals surface area contributed by atoms with E-state index in [1.54, 1.807) is 0 Å². The molecule has 0 N–H and O–H groups in total. The van der Waals surface area contributed by atoms with Crippen molar-refractivity contribution in [3.05, 3.63) is 60.2 Å². The molecule has 94 valence electrons. The van der Waals surface area contributed by atoms with Crippen LogP contribution in [0.1, 0.15) is 31.2 Å². The molecule has 0 amide bonds. The van der Waals surface area contributed by atoms with Gasteiger partial charge in [0.2, 0.25) is 0 Å². The summed E-state index contributed by atoms with van der Waals surface area (Å²) in [6.07, 6.45) is 5.94. The zero-order chi connectivity index (χ0) is 13.0. The van der Waals surface area contributed by atoms with Gasteiger partial charge >= 0.3 is 5.97 Å². The number of benzene rings is 1. The second kappa shape index (κ2) is 5.67. The third-order valence-electron chi connectivity index (χ3n) is 3.15. The van der Waals surface area contributed by atoms with Gasteiger partial charge in [0, 0.05) is 5.57 Å². The van der Waals surface area contributed by atoms with Crippen molar-refractivity contribution in [2.24, 2.45) is 0 Å². The first kappa shape index (κ1) is 12.6. The van der Waals surface area contributed by atoms with Crippen LogP contribution in [-0.2, 0) is 9.53 Å². The maximum atomic E-state index is 11.6. The Labute approximate surface area is 108 Å². The summed E-state index contributed by atoms with van der Waals surface area (Å²) in [6, 6.07) is 9.93. The number of carbonyl (C=O) groups excluding carboxylic acids is 1. The molecule has 0 aliphatic carbocycles. The van der Waals surface area contributed by atoms with Gasteiger partial charge in [-0.05, 0) is 18.1 Å². The number of hydrogen-bond acceptors (Lipinski definition) is 2. The van der Waals surface area contributed by atoms with E-state index in [9.17, 15) is 4.79 Å². The number of rotatable bonds is 4. The Morgan fingerprint density at radius 2 is 2.06 bits per heavy atom. The van der Waals surface area contributed by atoms with Crippen LogP contribution in [0, 0.1) is 0 Å². The summed E-state index contributed by atoms with van der Waals surface area (Å²) in [5.74, 6) is -0.332. The van der Waals surface area contributed by atoms with Crippen LogP contribution >= 0.6 is 0 Å². The van der Waals surface area contributed by atoms with Crippen molar-refractivity contribution in [2.75, 3.05) is 0 Å². The normalized spacial score (nSPS) is 23.6. The highest BCUT2D eigenvalue weighted by Crippen LogP contribution is 2.36. The monoisotopic (exact) mass is 242 g/mol. The predicted octanol–water partition coefficient (Wildman–Crippen LogP) is 3.61. The highest BCUT2D eigenvalue weighted by Gasteiger charge is 2.37. The topological polar surface area (TPSA) is 26.3 Å². The van der Waals surface area contributed by atoms with Crippen LogP contribution in [0.5, 0.6) is 0 Å². The molecule has 0 radical (unpaired) electrons. The van der Waals surface area contributed by atoms with Gasteiger partial charge in [0.25, 0.3) is 0 Å². The maximum Gasteiger partial charge on any atom is 0.334 e. The Morgan fingerprint density at radius 3 is 2.72 bits per heavy atom. The molecule has 1 fully saturated rings. The Balaban J connectivity index is 2.23. The first-order valence-corrected chi connectivity index (χ1v) is 6.35. The van der Waals surface area contributed by atoms with Crippen molar-refractivity contribution < 1.29 is 9.53 Å². The van der Waals surface area contributed by atoms with Crippen molar-refractivity contribution in [1.29, 1.82) is 0 Å². The third-order valence-corrected chi connectivity index (χ3v) is 3.15. The molecule has 2 nitrogen and oxygen atoms in total. The molecule has 2 rings (SSSR count). The van der Waals surface area contributed by atoms with Crippen LogP contribution in [0.3, 0.4) is 0 Å². The molecular formula is C16H18O2. The quantitative estimate of drug-likeness (QED) is 0.458. The van der Waals surface area contributed by atoms with Gasteiger partial charge in [-0.3, -0.25) is 0 Å². The van der Waals surface area contributed by atoms with Crippen molar-refractivity contribution in [1.82, 2.24) is 0 Å². The summed E-state index contributed by atoms with van der Waals surface area (Å²) in [5, 5.41) is 0. The van der Waals surface area contributed by atoms with Crippen LogP contribution in [-0.4, -0.2) is 12.1 Å². The van der Waals surface area contributed by atoms with E-state index in [1.807, 2.05) is 36.4 Å². The zero-order valence-corrected chi connectivity index (χ0v) is 10.6. The van der Waals surface area contributed by atoms with Gasteiger partial charge in [-0.25, -0.2) is 4.79 Å². The Kier molecular flexibility index (Phi) is 3.98. The lowest BCUT2D eigenvalue weighted by Crippen LogP contribution is -2.11. The minimum atomic E-state index is -0.282. The minimum absolute atomic E-state index is 0.0493.